The lowest BCUT2D eigenvalue weighted by Crippen LogP contribution is -2.63. The Bertz CT molecular complexity index is 255. The Labute approximate surface area is 119 Å². The summed E-state index contributed by atoms with van der Waals surface area (Å²) in [7, 11) is 4.55. The molecule has 2 unspecified atom stereocenters. The number of hydrogen-bond donors (Lipinski definition) is 1. The summed E-state index contributed by atoms with van der Waals surface area (Å²) in [6.07, 6.45) is 9.42. The van der Waals surface area contributed by atoms with E-state index in [0.717, 1.165) is 19.8 Å². The average Bonchev–Trinajstić information content (AvgIpc) is 2.46. The molecule has 3 nitrogen and oxygen atoms in total. The second kappa shape index (κ2) is 7.05. The van der Waals surface area contributed by atoms with Crippen LogP contribution in [0, 0.1) is 5.92 Å². The van der Waals surface area contributed by atoms with E-state index >= 15 is 0 Å². The van der Waals surface area contributed by atoms with Crippen molar-refractivity contribution in [2.24, 2.45) is 5.92 Å². The van der Waals surface area contributed by atoms with Gasteiger partial charge in [0.1, 0.15) is 0 Å². The first-order valence-electron chi connectivity index (χ1n) is 8.19. The lowest BCUT2D eigenvalue weighted by Gasteiger charge is -2.52. The largest absolute Gasteiger partial charge is 0.381 e. The fraction of sp³-hybridized carbons (Fsp3) is 1.00. The fourth-order valence-electron chi connectivity index (χ4n) is 4.24. The van der Waals surface area contributed by atoms with Gasteiger partial charge in [0.25, 0.3) is 0 Å². The molecule has 2 fully saturated rings. The van der Waals surface area contributed by atoms with E-state index in [1.165, 1.54) is 44.9 Å². The van der Waals surface area contributed by atoms with Gasteiger partial charge in [-0.05, 0) is 52.2 Å². The molecule has 0 spiro atoms. The zero-order chi connectivity index (χ0) is 13.7. The first-order chi connectivity index (χ1) is 9.20. The molecular weight excluding hydrogens is 236 g/mol. The molecule has 1 aliphatic carbocycles. The van der Waals surface area contributed by atoms with Gasteiger partial charge in [0.2, 0.25) is 0 Å². The number of nitrogens with zero attached hydrogens (tertiary/aromatic N) is 1. The summed E-state index contributed by atoms with van der Waals surface area (Å²) in [6.45, 7) is 5.22. The first kappa shape index (κ1) is 15.3. The normalized spacial score (nSPS) is 29.4. The predicted octanol–water partition coefficient (Wildman–Crippen LogP) is 2.66. The third kappa shape index (κ3) is 3.32. The Morgan fingerprint density at radius 3 is 2.47 bits per heavy atom. The van der Waals surface area contributed by atoms with Crippen LogP contribution in [0.2, 0.25) is 0 Å². The fourth-order valence-corrected chi connectivity index (χ4v) is 4.24. The van der Waals surface area contributed by atoms with Gasteiger partial charge in [0.15, 0.2) is 0 Å². The molecule has 1 saturated heterocycles. The molecular formula is C16H32N2O. The van der Waals surface area contributed by atoms with Crippen molar-refractivity contribution in [3.8, 4) is 0 Å². The highest BCUT2D eigenvalue weighted by atomic mass is 16.5. The van der Waals surface area contributed by atoms with E-state index < -0.39 is 0 Å². The lowest BCUT2D eigenvalue weighted by molar-refractivity contribution is -0.0207. The summed E-state index contributed by atoms with van der Waals surface area (Å²) < 4.78 is 5.77. The maximum Gasteiger partial charge on any atom is 0.0509 e. The van der Waals surface area contributed by atoms with Crippen LogP contribution in [0.1, 0.15) is 51.9 Å². The highest BCUT2D eigenvalue weighted by Crippen LogP contribution is 2.39. The molecule has 0 bridgehead atoms. The molecule has 1 saturated carbocycles. The van der Waals surface area contributed by atoms with Gasteiger partial charge in [-0.1, -0.05) is 26.2 Å². The van der Waals surface area contributed by atoms with Crippen molar-refractivity contribution >= 4 is 0 Å². The smallest absolute Gasteiger partial charge is 0.0509 e. The van der Waals surface area contributed by atoms with E-state index in [9.17, 15) is 0 Å². The van der Waals surface area contributed by atoms with E-state index in [-0.39, 0.29) is 0 Å². The van der Waals surface area contributed by atoms with Gasteiger partial charge in [0, 0.05) is 18.2 Å². The van der Waals surface area contributed by atoms with E-state index in [1.807, 2.05) is 0 Å². The minimum absolute atomic E-state index is 0.347. The highest BCUT2D eigenvalue weighted by Gasteiger charge is 2.45. The Kier molecular flexibility index (Phi) is 5.67. The third-order valence-electron chi connectivity index (χ3n) is 5.28. The van der Waals surface area contributed by atoms with Gasteiger partial charge in [-0.3, -0.25) is 0 Å². The molecule has 0 aromatic heterocycles. The van der Waals surface area contributed by atoms with Crippen LogP contribution in [0.5, 0.6) is 0 Å². The molecule has 19 heavy (non-hydrogen) atoms. The molecule has 0 radical (unpaired) electrons. The van der Waals surface area contributed by atoms with Crippen molar-refractivity contribution in [2.45, 2.75) is 63.5 Å². The quantitative estimate of drug-likeness (QED) is 0.829. The van der Waals surface area contributed by atoms with E-state index in [2.05, 4.69) is 31.2 Å². The minimum atomic E-state index is 0.347. The van der Waals surface area contributed by atoms with Gasteiger partial charge in [0.05, 0.1) is 6.61 Å². The van der Waals surface area contributed by atoms with Crippen molar-refractivity contribution in [1.29, 1.82) is 0 Å². The molecule has 0 aromatic rings. The minimum Gasteiger partial charge on any atom is -0.381 e. The van der Waals surface area contributed by atoms with Crippen LogP contribution in [-0.4, -0.2) is 50.3 Å². The molecule has 2 aliphatic rings. The molecule has 3 heteroatoms. The van der Waals surface area contributed by atoms with Crippen molar-refractivity contribution in [3.05, 3.63) is 0 Å². The van der Waals surface area contributed by atoms with Gasteiger partial charge in [-0.25, -0.2) is 0 Å². The second-order valence-corrected chi connectivity index (χ2v) is 6.57. The summed E-state index contributed by atoms with van der Waals surface area (Å²) in [4.78, 5) is 2.51. The van der Waals surface area contributed by atoms with Crippen LogP contribution in [0.15, 0.2) is 0 Å². The molecule has 1 aliphatic heterocycles. The van der Waals surface area contributed by atoms with Crippen molar-refractivity contribution in [2.75, 3.05) is 33.9 Å². The highest BCUT2D eigenvalue weighted by molar-refractivity contribution is 5.03. The Hall–Kier alpha value is -0.120. The van der Waals surface area contributed by atoms with Crippen LogP contribution in [0.25, 0.3) is 0 Å². The monoisotopic (exact) mass is 268 g/mol. The molecule has 2 atom stereocenters. The SMILES string of the molecule is CCNC(C1CCCOC1)C1(N(C)C)CCCCC1. The maximum absolute atomic E-state index is 5.77. The molecule has 1 N–H and O–H groups in total. The number of ether oxygens (including phenoxy) is 1. The van der Waals surface area contributed by atoms with Gasteiger partial charge >= 0.3 is 0 Å². The van der Waals surface area contributed by atoms with E-state index in [1.54, 1.807) is 0 Å². The third-order valence-corrected chi connectivity index (χ3v) is 5.28. The molecule has 0 amide bonds. The van der Waals surface area contributed by atoms with Crippen LogP contribution in [-0.2, 0) is 4.74 Å². The molecule has 112 valence electrons. The zero-order valence-corrected chi connectivity index (χ0v) is 13.1. The Morgan fingerprint density at radius 2 is 1.95 bits per heavy atom. The number of rotatable bonds is 5. The van der Waals surface area contributed by atoms with Crippen molar-refractivity contribution in [1.82, 2.24) is 10.2 Å². The Balaban J connectivity index is 2.17. The zero-order valence-electron chi connectivity index (χ0n) is 13.1. The first-order valence-corrected chi connectivity index (χ1v) is 8.19. The summed E-state index contributed by atoms with van der Waals surface area (Å²) in [5.41, 5.74) is 0.347. The van der Waals surface area contributed by atoms with Crippen LogP contribution < -0.4 is 5.32 Å². The van der Waals surface area contributed by atoms with Gasteiger partial charge in [-0.15, -0.1) is 0 Å². The lowest BCUT2D eigenvalue weighted by atomic mass is 9.70. The number of nitrogens with one attached hydrogen (secondary N) is 1. The van der Waals surface area contributed by atoms with E-state index in [4.69, 9.17) is 4.74 Å². The topological polar surface area (TPSA) is 24.5 Å². The number of likely N-dealkylation sites (N-methyl/N-ethyl adjacent to an activating group) is 2. The average molecular weight is 268 g/mol. The second-order valence-electron chi connectivity index (χ2n) is 6.57. The van der Waals surface area contributed by atoms with E-state index in [0.29, 0.717) is 17.5 Å². The molecule has 1 heterocycles. The standard InChI is InChI=1S/C16H32N2O/c1-4-17-15(14-9-8-12-19-13-14)16(18(2)3)10-6-5-7-11-16/h14-15,17H,4-13H2,1-3H3. The summed E-state index contributed by atoms with van der Waals surface area (Å²) in [5.74, 6) is 0.689. The van der Waals surface area contributed by atoms with Crippen molar-refractivity contribution in [3.63, 3.8) is 0 Å². The Morgan fingerprint density at radius 1 is 1.21 bits per heavy atom. The van der Waals surface area contributed by atoms with Crippen LogP contribution in [0.3, 0.4) is 0 Å². The molecule has 0 aromatic carbocycles. The van der Waals surface area contributed by atoms with Crippen molar-refractivity contribution < 1.29 is 4.74 Å². The van der Waals surface area contributed by atoms with Gasteiger partial charge in [-0.2, -0.15) is 0 Å². The van der Waals surface area contributed by atoms with Crippen LogP contribution in [0.4, 0.5) is 0 Å². The molecule has 2 rings (SSSR count). The maximum atomic E-state index is 5.77. The number of hydrogen-bond acceptors (Lipinski definition) is 3. The summed E-state index contributed by atoms with van der Waals surface area (Å²) in [6, 6.07) is 0.591. The van der Waals surface area contributed by atoms with Gasteiger partial charge < -0.3 is 15.0 Å². The predicted molar refractivity (Wildman–Crippen MR) is 80.5 cm³/mol. The van der Waals surface area contributed by atoms with Crippen LogP contribution >= 0.6 is 0 Å². The summed E-state index contributed by atoms with van der Waals surface area (Å²) >= 11 is 0. The summed E-state index contributed by atoms with van der Waals surface area (Å²) in [5, 5.41) is 3.82.